The number of benzene rings is 2. The number of hydrogen-bond acceptors (Lipinski definition) is 4. The van der Waals surface area contributed by atoms with E-state index in [1.54, 1.807) is 12.5 Å². The molecule has 0 aliphatic heterocycles. The molecule has 0 heterocycles. The second kappa shape index (κ2) is 6.42. The molecule has 0 atom stereocenters. The Balaban J connectivity index is 2.42. The molecule has 0 saturated heterocycles. The Bertz CT molecular complexity index is 744. The molecule has 23 heavy (non-hydrogen) atoms. The topological polar surface area (TPSA) is 66.0 Å². The van der Waals surface area contributed by atoms with E-state index in [1.165, 1.54) is 0 Å². The van der Waals surface area contributed by atoms with Gasteiger partial charge in [-0.25, -0.2) is 0 Å². The highest BCUT2D eigenvalue weighted by atomic mass is 16.5. The molecule has 116 valence electrons. The SMILES string of the molecule is Cc1cc(C(C)(C)c2ccc(OC#N)c(C)c2)ccc1OC#N. The van der Waals surface area contributed by atoms with E-state index in [9.17, 15) is 0 Å². The van der Waals surface area contributed by atoms with Crippen LogP contribution in [0.15, 0.2) is 36.4 Å². The summed E-state index contributed by atoms with van der Waals surface area (Å²) >= 11 is 0. The van der Waals surface area contributed by atoms with Crippen molar-refractivity contribution in [2.45, 2.75) is 33.1 Å². The number of nitriles is 2. The zero-order valence-corrected chi connectivity index (χ0v) is 13.7. The van der Waals surface area contributed by atoms with Crippen molar-refractivity contribution in [3.8, 4) is 24.0 Å². The van der Waals surface area contributed by atoms with Crippen molar-refractivity contribution in [3.05, 3.63) is 58.7 Å². The summed E-state index contributed by atoms with van der Waals surface area (Å²) in [4.78, 5) is 0. The largest absolute Gasteiger partial charge is 0.388 e. The molecule has 0 aromatic heterocycles. The third kappa shape index (κ3) is 3.27. The zero-order chi connectivity index (χ0) is 17.0. The van der Waals surface area contributed by atoms with E-state index in [1.807, 2.05) is 50.2 Å². The van der Waals surface area contributed by atoms with Gasteiger partial charge in [-0.05, 0) is 48.2 Å². The molecular formula is C19H18N2O2. The second-order valence-electron chi connectivity index (χ2n) is 5.97. The summed E-state index contributed by atoms with van der Waals surface area (Å²) in [6.07, 6.45) is 3.40. The molecule has 4 nitrogen and oxygen atoms in total. The Morgan fingerprint density at radius 2 is 1.17 bits per heavy atom. The molecule has 0 radical (unpaired) electrons. The van der Waals surface area contributed by atoms with Gasteiger partial charge in [-0.2, -0.15) is 0 Å². The summed E-state index contributed by atoms with van der Waals surface area (Å²) in [5.41, 5.74) is 3.84. The monoisotopic (exact) mass is 306 g/mol. The summed E-state index contributed by atoms with van der Waals surface area (Å²) in [5, 5.41) is 17.3. The van der Waals surface area contributed by atoms with E-state index >= 15 is 0 Å². The van der Waals surface area contributed by atoms with Crippen molar-refractivity contribution in [2.75, 3.05) is 0 Å². The molecule has 0 amide bonds. The Hall–Kier alpha value is -2.98. The van der Waals surface area contributed by atoms with E-state index in [-0.39, 0.29) is 5.41 Å². The molecule has 4 heteroatoms. The lowest BCUT2D eigenvalue weighted by molar-refractivity contribution is 0.500. The highest BCUT2D eigenvalue weighted by Crippen LogP contribution is 2.35. The Labute approximate surface area is 136 Å². The van der Waals surface area contributed by atoms with Gasteiger partial charge < -0.3 is 9.47 Å². The standard InChI is InChI=1S/C19H18N2O2/c1-13-9-15(5-7-17(13)22-11-20)19(3,4)16-6-8-18(23-12-21)14(2)10-16/h5-10H,1-4H3. The maximum absolute atomic E-state index is 8.64. The van der Waals surface area contributed by atoms with E-state index in [4.69, 9.17) is 20.0 Å². The van der Waals surface area contributed by atoms with Gasteiger partial charge in [-0.1, -0.05) is 38.1 Å². The summed E-state index contributed by atoms with van der Waals surface area (Å²) in [6, 6.07) is 11.6. The van der Waals surface area contributed by atoms with Crippen LogP contribution in [0.4, 0.5) is 0 Å². The van der Waals surface area contributed by atoms with Gasteiger partial charge in [0.2, 0.25) is 0 Å². The molecule has 0 unspecified atom stereocenters. The van der Waals surface area contributed by atoms with Gasteiger partial charge in [-0.15, -0.1) is 10.5 Å². The molecule has 0 aliphatic rings. The van der Waals surface area contributed by atoms with Crippen molar-refractivity contribution >= 4 is 0 Å². The first-order valence-electron chi connectivity index (χ1n) is 7.24. The van der Waals surface area contributed by atoms with Crippen LogP contribution < -0.4 is 9.47 Å². The van der Waals surface area contributed by atoms with Gasteiger partial charge in [0.25, 0.3) is 12.5 Å². The minimum absolute atomic E-state index is 0.230. The van der Waals surface area contributed by atoms with Gasteiger partial charge in [0.05, 0.1) is 0 Å². The van der Waals surface area contributed by atoms with Crippen molar-refractivity contribution in [2.24, 2.45) is 0 Å². The second-order valence-corrected chi connectivity index (χ2v) is 5.97. The summed E-state index contributed by atoms with van der Waals surface area (Å²) < 4.78 is 9.86. The van der Waals surface area contributed by atoms with Crippen LogP contribution in [-0.2, 0) is 5.41 Å². The van der Waals surface area contributed by atoms with Gasteiger partial charge >= 0.3 is 0 Å². The number of aryl methyl sites for hydroxylation is 2. The third-order valence-electron chi connectivity index (χ3n) is 4.10. The maximum atomic E-state index is 8.64. The lowest BCUT2D eigenvalue weighted by atomic mass is 9.77. The lowest BCUT2D eigenvalue weighted by Crippen LogP contribution is -2.19. The molecular weight excluding hydrogens is 288 g/mol. The van der Waals surface area contributed by atoms with Crippen LogP contribution in [0.25, 0.3) is 0 Å². The van der Waals surface area contributed by atoms with E-state index < -0.39 is 0 Å². The van der Waals surface area contributed by atoms with Gasteiger partial charge in [0.1, 0.15) is 11.5 Å². The average Bonchev–Trinajstić information content (AvgIpc) is 2.51. The van der Waals surface area contributed by atoms with Crippen LogP contribution in [0.2, 0.25) is 0 Å². The molecule has 0 N–H and O–H groups in total. The predicted molar refractivity (Wildman–Crippen MR) is 87.0 cm³/mol. The first-order valence-corrected chi connectivity index (χ1v) is 7.24. The molecule has 2 aromatic carbocycles. The Kier molecular flexibility index (Phi) is 4.57. The first kappa shape index (κ1) is 16.4. The highest BCUT2D eigenvalue weighted by molar-refractivity contribution is 5.47. The molecule has 2 aromatic rings. The molecule has 0 aliphatic carbocycles. The fourth-order valence-electron chi connectivity index (χ4n) is 2.57. The van der Waals surface area contributed by atoms with Crippen LogP contribution in [0, 0.1) is 36.9 Å². The van der Waals surface area contributed by atoms with Crippen molar-refractivity contribution < 1.29 is 9.47 Å². The molecule has 0 bridgehead atoms. The molecule has 0 saturated carbocycles. The number of ether oxygens (including phenoxy) is 2. The van der Waals surface area contributed by atoms with Crippen LogP contribution in [0.3, 0.4) is 0 Å². The highest BCUT2D eigenvalue weighted by Gasteiger charge is 2.24. The number of hydrogen-bond donors (Lipinski definition) is 0. The zero-order valence-electron chi connectivity index (χ0n) is 13.7. The van der Waals surface area contributed by atoms with E-state index in [0.717, 1.165) is 22.3 Å². The van der Waals surface area contributed by atoms with Crippen molar-refractivity contribution in [3.63, 3.8) is 0 Å². The van der Waals surface area contributed by atoms with Crippen LogP contribution in [-0.4, -0.2) is 0 Å². The fourth-order valence-corrected chi connectivity index (χ4v) is 2.57. The van der Waals surface area contributed by atoms with Gasteiger partial charge in [0.15, 0.2) is 0 Å². The minimum Gasteiger partial charge on any atom is -0.388 e. The van der Waals surface area contributed by atoms with Crippen molar-refractivity contribution in [1.82, 2.24) is 0 Å². The average molecular weight is 306 g/mol. The molecule has 2 rings (SSSR count). The third-order valence-corrected chi connectivity index (χ3v) is 4.10. The minimum atomic E-state index is -0.230. The number of rotatable bonds is 4. The Morgan fingerprint density at radius 3 is 1.48 bits per heavy atom. The molecule has 0 spiro atoms. The maximum Gasteiger partial charge on any atom is 0.292 e. The summed E-state index contributed by atoms with van der Waals surface area (Å²) in [5.74, 6) is 1.14. The van der Waals surface area contributed by atoms with Crippen molar-refractivity contribution in [1.29, 1.82) is 10.5 Å². The van der Waals surface area contributed by atoms with Crippen LogP contribution in [0.5, 0.6) is 11.5 Å². The normalized spacial score (nSPS) is 10.5. The fraction of sp³-hybridized carbons (Fsp3) is 0.263. The summed E-state index contributed by atoms with van der Waals surface area (Å²) in [6.45, 7) is 8.10. The van der Waals surface area contributed by atoms with Gasteiger partial charge in [0, 0.05) is 5.41 Å². The first-order chi connectivity index (χ1) is 10.9. The van der Waals surface area contributed by atoms with Crippen LogP contribution in [0.1, 0.15) is 36.1 Å². The number of nitrogens with zero attached hydrogens (tertiary/aromatic N) is 2. The smallest absolute Gasteiger partial charge is 0.292 e. The lowest BCUT2D eigenvalue weighted by Gasteiger charge is -2.27. The van der Waals surface area contributed by atoms with Gasteiger partial charge in [-0.3, -0.25) is 0 Å². The van der Waals surface area contributed by atoms with E-state index in [0.29, 0.717) is 11.5 Å². The quantitative estimate of drug-likeness (QED) is 0.788. The Morgan fingerprint density at radius 1 is 0.783 bits per heavy atom. The molecule has 0 fully saturated rings. The van der Waals surface area contributed by atoms with E-state index in [2.05, 4.69) is 13.8 Å². The van der Waals surface area contributed by atoms with Crippen LogP contribution >= 0.6 is 0 Å². The predicted octanol–water partition coefficient (Wildman–Crippen LogP) is 4.35. The summed E-state index contributed by atoms with van der Waals surface area (Å²) in [7, 11) is 0.